The van der Waals surface area contributed by atoms with E-state index in [4.69, 9.17) is 29.4 Å². The number of nitrogens with two attached hydrogens (primary N) is 1. The van der Waals surface area contributed by atoms with Crippen molar-refractivity contribution in [1.29, 1.82) is 0 Å². The number of nitrogens with one attached hydrogen (secondary N) is 2. The Balaban J connectivity index is 1.22. The molecule has 4 aromatic carbocycles. The number of alkyl carbamates (subject to hydrolysis) is 1. The maximum absolute atomic E-state index is 14.2. The number of ether oxygens (including phenoxy) is 5. The van der Waals surface area contributed by atoms with Crippen LogP contribution in [0.4, 0.5) is 10.6 Å². The first-order valence-corrected chi connectivity index (χ1v) is 19.7. The maximum Gasteiger partial charge on any atom is 0.408 e. The summed E-state index contributed by atoms with van der Waals surface area (Å²) in [6, 6.07) is 30.6. The van der Waals surface area contributed by atoms with Crippen LogP contribution in [0.25, 0.3) is 11.2 Å². The van der Waals surface area contributed by atoms with E-state index in [1.165, 1.54) is 31.1 Å². The number of imidazole rings is 1. The van der Waals surface area contributed by atoms with E-state index in [9.17, 15) is 24.6 Å². The van der Waals surface area contributed by atoms with Crippen molar-refractivity contribution in [2.24, 2.45) is 0 Å². The fraction of sp³-hybridized carbons (Fsp3) is 0.289. The van der Waals surface area contributed by atoms with Gasteiger partial charge in [-0.3, -0.25) is 9.36 Å². The van der Waals surface area contributed by atoms with Gasteiger partial charge in [0, 0.05) is 6.42 Å². The number of fused-ring (bicyclic) bond motifs is 1. The van der Waals surface area contributed by atoms with Crippen LogP contribution in [-0.2, 0) is 35.8 Å². The lowest BCUT2D eigenvalue weighted by Gasteiger charge is -2.37. The van der Waals surface area contributed by atoms with Crippen LogP contribution in [0.15, 0.2) is 122 Å². The van der Waals surface area contributed by atoms with Crippen LogP contribution in [0, 0.1) is 0 Å². The van der Waals surface area contributed by atoms with Gasteiger partial charge in [-0.1, -0.05) is 84.9 Å². The normalized spacial score (nSPS) is 18.1. The molecule has 0 saturated carbocycles. The number of benzene rings is 4. The van der Waals surface area contributed by atoms with E-state index < -0.39 is 59.7 Å². The van der Waals surface area contributed by atoms with Gasteiger partial charge in [0.1, 0.15) is 47.2 Å². The Labute approximate surface area is 356 Å². The second-order valence-corrected chi connectivity index (χ2v) is 15.1. The molecule has 7 rings (SSSR count). The van der Waals surface area contributed by atoms with Crippen molar-refractivity contribution in [3.05, 3.63) is 144 Å². The number of aliphatic hydroxyl groups excluding tert-OH is 1. The first-order valence-electron chi connectivity index (χ1n) is 19.7. The average Bonchev–Trinajstić information content (AvgIpc) is 3.85. The molecule has 17 nitrogen and oxygen atoms in total. The lowest BCUT2D eigenvalue weighted by molar-refractivity contribution is -0.140. The lowest BCUT2D eigenvalue weighted by Crippen LogP contribution is -2.56. The number of hydrogen-bond acceptors (Lipinski definition) is 13. The highest BCUT2D eigenvalue weighted by Gasteiger charge is 2.50. The number of nitrogen functional groups attached to an aromatic ring is 1. The summed E-state index contributed by atoms with van der Waals surface area (Å²) in [5, 5.41) is 27.1. The highest BCUT2D eigenvalue weighted by molar-refractivity contribution is 5.88. The minimum atomic E-state index is -1.88. The van der Waals surface area contributed by atoms with E-state index in [0.29, 0.717) is 17.1 Å². The van der Waals surface area contributed by atoms with Gasteiger partial charge in [0.25, 0.3) is 5.91 Å². The number of carboxylic acid groups (broad SMARTS) is 1. The van der Waals surface area contributed by atoms with Crippen LogP contribution in [0.5, 0.6) is 11.5 Å². The van der Waals surface area contributed by atoms with Gasteiger partial charge in [-0.25, -0.2) is 24.5 Å². The van der Waals surface area contributed by atoms with E-state index in [2.05, 4.69) is 25.6 Å². The number of hydrogen-bond donors (Lipinski definition) is 5. The number of carboxylic acids is 1. The number of anilines is 1. The van der Waals surface area contributed by atoms with E-state index in [1.54, 1.807) is 44.6 Å². The molecule has 6 aromatic rings. The molecule has 0 spiro atoms. The molecule has 1 saturated heterocycles. The summed E-state index contributed by atoms with van der Waals surface area (Å²) in [4.78, 5) is 52.1. The Hall–Kier alpha value is -7.08. The van der Waals surface area contributed by atoms with Crippen molar-refractivity contribution >= 4 is 35.0 Å². The molecule has 2 aromatic heterocycles. The lowest BCUT2D eigenvalue weighted by atomic mass is 9.80. The third-order valence-corrected chi connectivity index (χ3v) is 10.7. The van der Waals surface area contributed by atoms with Crippen LogP contribution < -0.4 is 25.8 Å². The highest BCUT2D eigenvalue weighted by Crippen LogP contribution is 2.43. The maximum atomic E-state index is 14.2. The summed E-state index contributed by atoms with van der Waals surface area (Å²) in [5.74, 6) is -0.735. The van der Waals surface area contributed by atoms with E-state index in [0.717, 1.165) is 16.7 Å². The number of carbonyl (C=O) groups excluding carboxylic acids is 2. The predicted molar refractivity (Wildman–Crippen MR) is 225 cm³/mol. The minimum absolute atomic E-state index is 0.0242. The molecular formula is C45H47N7O10. The zero-order valence-corrected chi connectivity index (χ0v) is 34.4. The van der Waals surface area contributed by atoms with E-state index in [1.807, 2.05) is 78.9 Å². The summed E-state index contributed by atoms with van der Waals surface area (Å²) in [6.07, 6.45) is -2.20. The topological polar surface area (TPSA) is 231 Å². The summed E-state index contributed by atoms with van der Waals surface area (Å²) < 4.78 is 31.7. The van der Waals surface area contributed by atoms with Gasteiger partial charge in [-0.05, 0) is 60.4 Å². The average molecular weight is 846 g/mol. The van der Waals surface area contributed by atoms with Crippen LogP contribution in [0.3, 0.4) is 0 Å². The second kappa shape index (κ2) is 18.3. The number of carbonyl (C=O) groups is 3. The summed E-state index contributed by atoms with van der Waals surface area (Å²) in [5.41, 5.74) is 6.34. The summed E-state index contributed by atoms with van der Waals surface area (Å²) in [6.45, 7) is 2.46. The molecule has 2 amide bonds. The number of aliphatic carboxylic acids is 1. The molecule has 0 radical (unpaired) electrons. The highest BCUT2D eigenvalue weighted by atomic mass is 16.6. The number of methoxy groups -OCH3 is 2. The molecule has 0 unspecified atom stereocenters. The number of aliphatic hydroxyl groups is 1. The Morgan fingerprint density at radius 2 is 1.42 bits per heavy atom. The Kier molecular flexibility index (Phi) is 12.7. The van der Waals surface area contributed by atoms with Crippen molar-refractivity contribution in [3.63, 3.8) is 0 Å². The minimum Gasteiger partial charge on any atom is -0.497 e. The monoisotopic (exact) mass is 845 g/mol. The van der Waals surface area contributed by atoms with Gasteiger partial charge in [-0.2, -0.15) is 0 Å². The fourth-order valence-corrected chi connectivity index (χ4v) is 7.46. The van der Waals surface area contributed by atoms with Gasteiger partial charge in [0.15, 0.2) is 23.3 Å². The van der Waals surface area contributed by atoms with Crippen molar-refractivity contribution in [2.45, 2.75) is 62.0 Å². The largest absolute Gasteiger partial charge is 0.497 e. The summed E-state index contributed by atoms with van der Waals surface area (Å²) in [7, 11) is 3.16. The smallest absolute Gasteiger partial charge is 0.408 e. The predicted octanol–water partition coefficient (Wildman–Crippen LogP) is 4.38. The first-order chi connectivity index (χ1) is 29.8. The van der Waals surface area contributed by atoms with Crippen LogP contribution in [-0.4, -0.2) is 98.4 Å². The van der Waals surface area contributed by atoms with Crippen molar-refractivity contribution in [2.75, 3.05) is 26.6 Å². The molecule has 1 fully saturated rings. The Bertz CT molecular complexity index is 2440. The Morgan fingerprint density at radius 3 is 2.00 bits per heavy atom. The third-order valence-electron chi connectivity index (χ3n) is 10.7. The molecule has 3 heterocycles. The first kappa shape index (κ1) is 43.0. The Morgan fingerprint density at radius 1 is 0.839 bits per heavy atom. The third kappa shape index (κ3) is 8.86. The SMILES string of the molecule is COc1ccc(C(OC[C@H]2O[C@@H](n3cnc4c(N)ncnc43)[C@H](O)[C@@H]2NC(=O)C(C)(C)OC(=O)N[C@@H](Cc2ccccc2)C(=O)O)(c2ccccc2)c2ccc(OC)cc2)cc1. The van der Waals surface area contributed by atoms with Crippen LogP contribution >= 0.6 is 0 Å². The summed E-state index contributed by atoms with van der Waals surface area (Å²) >= 11 is 0. The zero-order chi connectivity index (χ0) is 44.0. The van der Waals surface area contributed by atoms with Gasteiger partial charge in [0.05, 0.1) is 33.2 Å². The molecule has 17 heteroatoms. The van der Waals surface area contributed by atoms with Gasteiger partial charge in [0.2, 0.25) is 0 Å². The number of rotatable bonds is 16. The van der Waals surface area contributed by atoms with Crippen LogP contribution in [0.1, 0.15) is 42.3 Å². The van der Waals surface area contributed by atoms with Crippen LogP contribution in [0.2, 0.25) is 0 Å². The van der Waals surface area contributed by atoms with Crippen molar-refractivity contribution < 1.29 is 48.3 Å². The van der Waals surface area contributed by atoms with E-state index in [-0.39, 0.29) is 30.0 Å². The van der Waals surface area contributed by atoms with Gasteiger partial charge in [-0.15, -0.1) is 0 Å². The van der Waals surface area contributed by atoms with Gasteiger partial charge >= 0.3 is 12.1 Å². The number of aromatic nitrogens is 4. The van der Waals surface area contributed by atoms with Crippen molar-refractivity contribution in [3.8, 4) is 11.5 Å². The number of nitrogens with zero attached hydrogens (tertiary/aromatic N) is 4. The quantitative estimate of drug-likeness (QED) is 0.0852. The molecule has 1 aliphatic rings. The second-order valence-electron chi connectivity index (χ2n) is 15.1. The molecule has 0 aliphatic carbocycles. The molecule has 1 aliphatic heterocycles. The van der Waals surface area contributed by atoms with Crippen molar-refractivity contribution in [1.82, 2.24) is 30.2 Å². The molecule has 6 N–H and O–H groups in total. The molecule has 62 heavy (non-hydrogen) atoms. The molecule has 322 valence electrons. The molecule has 0 bridgehead atoms. The standard InChI is InChI=1S/C45H47N7O10/c1-44(2,62-43(57)50-33(41(54)55)23-27-11-7-5-8-12-27)42(56)51-35-34(61-40(37(35)53)52-26-49-36-38(46)47-25-48-39(36)52)24-60-45(28-13-9-6-10-14-28,29-15-19-31(58-3)20-16-29)30-17-21-32(59-4)22-18-30/h5-22,25-26,33-35,37,40,53H,23-24H2,1-4H3,(H,50,57)(H,51,56)(H,54,55)(H2,46,47,48)/t33-,34+,35+,37+,40+/m0/s1. The van der Waals surface area contributed by atoms with E-state index >= 15 is 0 Å². The molecular weight excluding hydrogens is 799 g/mol. The zero-order valence-electron chi connectivity index (χ0n) is 34.4. The fourth-order valence-electron chi connectivity index (χ4n) is 7.46. The molecule has 5 atom stereocenters. The number of amides is 2. The van der Waals surface area contributed by atoms with Gasteiger partial charge < -0.3 is 50.3 Å².